The van der Waals surface area contributed by atoms with Gasteiger partial charge in [-0.15, -0.1) is 0 Å². The van der Waals surface area contributed by atoms with Gasteiger partial charge in [0, 0.05) is 11.5 Å². The quantitative estimate of drug-likeness (QED) is 0.770. The van der Waals surface area contributed by atoms with Crippen LogP contribution in [0.2, 0.25) is 0 Å². The van der Waals surface area contributed by atoms with Gasteiger partial charge in [-0.05, 0) is 25.8 Å². The smallest absolute Gasteiger partial charge is 0.331 e. The van der Waals surface area contributed by atoms with Gasteiger partial charge in [-0.3, -0.25) is 0 Å². The molecule has 0 spiro atoms. The van der Waals surface area contributed by atoms with E-state index in [4.69, 9.17) is 5.11 Å². The number of aliphatic carboxylic acids is 1. The van der Waals surface area contributed by atoms with Gasteiger partial charge in [0.05, 0.1) is 6.61 Å². The van der Waals surface area contributed by atoms with Crippen LogP contribution in [-0.4, -0.2) is 22.8 Å². The van der Waals surface area contributed by atoms with Crippen molar-refractivity contribution in [2.24, 2.45) is 0 Å². The van der Waals surface area contributed by atoms with Crippen LogP contribution in [0.1, 0.15) is 31.7 Å². The van der Waals surface area contributed by atoms with Crippen LogP contribution in [0.4, 0.5) is 0 Å². The van der Waals surface area contributed by atoms with Crippen molar-refractivity contribution in [2.45, 2.75) is 26.2 Å². The Morgan fingerprint density at radius 2 is 1.82 bits per heavy atom. The molecule has 1 rings (SSSR count). The van der Waals surface area contributed by atoms with Crippen LogP contribution in [0.3, 0.4) is 0 Å². The summed E-state index contributed by atoms with van der Waals surface area (Å²) in [6, 6.07) is 9.65. The zero-order valence-corrected chi connectivity index (χ0v) is 10.2. The largest absolute Gasteiger partial charge is 0.478 e. The molecule has 0 aromatic heterocycles. The van der Waals surface area contributed by atoms with Gasteiger partial charge in [0.25, 0.3) is 0 Å². The molecule has 0 fully saturated rings. The lowest BCUT2D eigenvalue weighted by Crippen LogP contribution is -2.07. The maximum absolute atomic E-state index is 10.8. The van der Waals surface area contributed by atoms with E-state index >= 15 is 0 Å². The summed E-state index contributed by atoms with van der Waals surface area (Å²) in [5.74, 6) is -0.933. The number of hydrogen-bond acceptors (Lipinski definition) is 2. The highest BCUT2D eigenvalue weighted by Crippen LogP contribution is 2.24. The molecule has 3 nitrogen and oxygen atoms in total. The van der Waals surface area contributed by atoms with Crippen LogP contribution >= 0.6 is 0 Å². The van der Waals surface area contributed by atoms with Crippen LogP contribution in [-0.2, 0) is 4.79 Å². The number of hydrogen-bond donors (Lipinski definition) is 2. The van der Waals surface area contributed by atoms with E-state index in [9.17, 15) is 9.90 Å². The molecule has 1 aromatic carbocycles. The number of carbonyl (C=O) groups is 1. The number of aliphatic hydroxyl groups is 1. The van der Waals surface area contributed by atoms with Gasteiger partial charge >= 0.3 is 5.97 Å². The molecule has 1 aromatic rings. The molecule has 0 bridgehead atoms. The standard InChI is InChI=1S/C14H18O3/c1-10(11(2)14(16)17)8-13(9-15)12-6-4-3-5-7-12/h3-7,13,15H,8-9H2,1-2H3,(H,16,17)/b11-10-. The van der Waals surface area contributed by atoms with Crippen molar-refractivity contribution in [3.8, 4) is 0 Å². The van der Waals surface area contributed by atoms with E-state index < -0.39 is 5.97 Å². The summed E-state index contributed by atoms with van der Waals surface area (Å²) in [6.45, 7) is 3.42. The molecule has 17 heavy (non-hydrogen) atoms. The van der Waals surface area contributed by atoms with Crippen LogP contribution in [0, 0.1) is 0 Å². The second kappa shape index (κ2) is 6.21. The molecular formula is C14H18O3. The summed E-state index contributed by atoms with van der Waals surface area (Å²) in [6.07, 6.45) is 0.568. The maximum Gasteiger partial charge on any atom is 0.331 e. The van der Waals surface area contributed by atoms with E-state index in [1.54, 1.807) is 13.8 Å². The molecule has 1 unspecified atom stereocenters. The lowest BCUT2D eigenvalue weighted by molar-refractivity contribution is -0.132. The van der Waals surface area contributed by atoms with Crippen LogP contribution in [0.15, 0.2) is 41.5 Å². The molecule has 3 heteroatoms. The van der Waals surface area contributed by atoms with Crippen LogP contribution in [0.5, 0.6) is 0 Å². The molecule has 92 valence electrons. The van der Waals surface area contributed by atoms with E-state index in [2.05, 4.69) is 0 Å². The van der Waals surface area contributed by atoms with Crippen LogP contribution in [0.25, 0.3) is 0 Å². The topological polar surface area (TPSA) is 57.5 Å². The second-order valence-corrected chi connectivity index (χ2v) is 4.20. The van der Waals surface area contributed by atoms with E-state index in [1.165, 1.54) is 0 Å². The highest BCUT2D eigenvalue weighted by Gasteiger charge is 2.13. The molecule has 0 aliphatic carbocycles. The fourth-order valence-corrected chi connectivity index (χ4v) is 1.72. The van der Waals surface area contributed by atoms with Gasteiger partial charge in [0.15, 0.2) is 0 Å². The molecule has 1 atom stereocenters. The number of benzene rings is 1. The highest BCUT2D eigenvalue weighted by molar-refractivity contribution is 5.86. The Morgan fingerprint density at radius 1 is 1.24 bits per heavy atom. The van der Waals surface area contributed by atoms with Crippen molar-refractivity contribution in [3.05, 3.63) is 47.0 Å². The molecule has 0 aliphatic heterocycles. The van der Waals surface area contributed by atoms with E-state index in [0.717, 1.165) is 11.1 Å². The molecule has 0 aliphatic rings. The number of carboxylic acid groups (broad SMARTS) is 1. The first kappa shape index (κ1) is 13.5. The summed E-state index contributed by atoms with van der Waals surface area (Å²) < 4.78 is 0. The third kappa shape index (κ3) is 3.71. The minimum Gasteiger partial charge on any atom is -0.478 e. The fraction of sp³-hybridized carbons (Fsp3) is 0.357. The van der Waals surface area contributed by atoms with Crippen molar-refractivity contribution in [2.75, 3.05) is 6.61 Å². The monoisotopic (exact) mass is 234 g/mol. The minimum atomic E-state index is -0.896. The predicted octanol–water partition coefficient (Wildman–Crippen LogP) is 2.57. The summed E-state index contributed by atoms with van der Waals surface area (Å²) in [7, 11) is 0. The Bertz CT molecular complexity index is 407. The Balaban J connectivity index is 2.85. The molecule has 2 N–H and O–H groups in total. The first-order valence-electron chi connectivity index (χ1n) is 5.61. The van der Waals surface area contributed by atoms with Gasteiger partial charge < -0.3 is 10.2 Å². The summed E-state index contributed by atoms with van der Waals surface area (Å²) in [5.41, 5.74) is 2.20. The SMILES string of the molecule is C/C(CC(CO)c1ccccc1)=C(\C)C(=O)O. The average Bonchev–Trinajstić information content (AvgIpc) is 2.35. The number of allylic oxidation sites excluding steroid dienone is 1. The Labute approximate surface area is 101 Å². The van der Waals surface area contributed by atoms with E-state index in [1.807, 2.05) is 30.3 Å². The molecule has 0 saturated carbocycles. The molecule has 0 heterocycles. The molecule has 0 saturated heterocycles. The third-order valence-electron chi connectivity index (χ3n) is 3.00. The van der Waals surface area contributed by atoms with Gasteiger partial charge in [-0.1, -0.05) is 35.9 Å². The Hall–Kier alpha value is -1.61. The number of aliphatic hydroxyl groups excluding tert-OH is 1. The normalized spacial score (nSPS) is 14.1. The lowest BCUT2D eigenvalue weighted by Gasteiger charge is -2.15. The van der Waals surface area contributed by atoms with Crippen molar-refractivity contribution >= 4 is 5.97 Å². The Morgan fingerprint density at radius 3 is 2.29 bits per heavy atom. The Kier molecular flexibility index (Phi) is 4.91. The van der Waals surface area contributed by atoms with Crippen molar-refractivity contribution in [1.82, 2.24) is 0 Å². The van der Waals surface area contributed by atoms with Gasteiger partial charge in [0.1, 0.15) is 0 Å². The van der Waals surface area contributed by atoms with Gasteiger partial charge in [-0.2, -0.15) is 0 Å². The zero-order chi connectivity index (χ0) is 12.8. The number of rotatable bonds is 5. The minimum absolute atomic E-state index is 0.0221. The van der Waals surface area contributed by atoms with E-state index in [-0.39, 0.29) is 12.5 Å². The molecule has 0 amide bonds. The van der Waals surface area contributed by atoms with Crippen LogP contribution < -0.4 is 0 Å². The van der Waals surface area contributed by atoms with Crippen molar-refractivity contribution in [3.63, 3.8) is 0 Å². The van der Waals surface area contributed by atoms with Gasteiger partial charge in [-0.25, -0.2) is 4.79 Å². The third-order valence-corrected chi connectivity index (χ3v) is 3.00. The first-order chi connectivity index (χ1) is 8.06. The van der Waals surface area contributed by atoms with Crippen molar-refractivity contribution in [1.29, 1.82) is 0 Å². The fourth-order valence-electron chi connectivity index (χ4n) is 1.72. The van der Waals surface area contributed by atoms with E-state index in [0.29, 0.717) is 12.0 Å². The van der Waals surface area contributed by atoms with Crippen molar-refractivity contribution < 1.29 is 15.0 Å². The predicted molar refractivity (Wildman–Crippen MR) is 66.9 cm³/mol. The van der Waals surface area contributed by atoms with Gasteiger partial charge in [0.2, 0.25) is 0 Å². The zero-order valence-electron chi connectivity index (χ0n) is 10.2. The summed E-state index contributed by atoms with van der Waals surface area (Å²) in [5, 5.41) is 18.3. The first-order valence-corrected chi connectivity index (χ1v) is 5.61. The highest BCUT2D eigenvalue weighted by atomic mass is 16.4. The summed E-state index contributed by atoms with van der Waals surface area (Å²) >= 11 is 0. The lowest BCUT2D eigenvalue weighted by atomic mass is 9.91. The molecular weight excluding hydrogens is 216 g/mol. The second-order valence-electron chi connectivity index (χ2n) is 4.20. The average molecular weight is 234 g/mol. The number of carboxylic acids is 1. The summed E-state index contributed by atoms with van der Waals surface area (Å²) in [4.78, 5) is 10.8. The molecule has 0 radical (unpaired) electrons. The maximum atomic E-state index is 10.8.